The standard InChI is InChI=1S/C29H33FN2O5S/c1-35-24-16-19(17-25(36-2)28(24)37-3)27(29(34)31-21-8-5-4-6-9-21)32(22-13-11-20(30)12-14-22)26(33)18-23-10-7-15-38-23/h7,10-17,21,27H,4-6,8-9,18H2,1-3H3,(H,31,34)/t27-/m1/s1. The van der Waals surface area contributed by atoms with Crippen molar-refractivity contribution in [1.82, 2.24) is 5.32 Å². The molecule has 1 N–H and O–H groups in total. The van der Waals surface area contributed by atoms with Crippen LogP contribution in [-0.2, 0) is 16.0 Å². The zero-order valence-electron chi connectivity index (χ0n) is 21.9. The molecule has 1 atom stereocenters. The van der Waals surface area contributed by atoms with Crippen LogP contribution in [0.5, 0.6) is 17.2 Å². The Hall–Kier alpha value is -3.59. The number of nitrogens with zero attached hydrogens (tertiary/aromatic N) is 1. The lowest BCUT2D eigenvalue weighted by molar-refractivity contribution is -0.127. The molecule has 1 aliphatic rings. The Bertz CT molecular complexity index is 1200. The van der Waals surface area contributed by atoms with Crippen molar-refractivity contribution in [1.29, 1.82) is 0 Å². The number of carbonyl (C=O) groups is 2. The van der Waals surface area contributed by atoms with Crippen molar-refractivity contribution in [3.05, 3.63) is 70.2 Å². The number of halogens is 1. The van der Waals surface area contributed by atoms with Gasteiger partial charge in [-0.1, -0.05) is 25.3 Å². The smallest absolute Gasteiger partial charge is 0.248 e. The monoisotopic (exact) mass is 540 g/mol. The molecule has 0 aliphatic heterocycles. The van der Waals surface area contributed by atoms with E-state index in [-0.39, 0.29) is 24.3 Å². The number of methoxy groups -OCH3 is 3. The summed E-state index contributed by atoms with van der Waals surface area (Å²) in [6, 6.07) is 11.7. The van der Waals surface area contributed by atoms with Crippen molar-refractivity contribution in [2.75, 3.05) is 26.2 Å². The van der Waals surface area contributed by atoms with Crippen LogP contribution in [0.3, 0.4) is 0 Å². The van der Waals surface area contributed by atoms with Crippen LogP contribution in [0.15, 0.2) is 53.9 Å². The van der Waals surface area contributed by atoms with Crippen LogP contribution >= 0.6 is 11.3 Å². The van der Waals surface area contributed by atoms with E-state index in [9.17, 15) is 14.0 Å². The van der Waals surface area contributed by atoms with Crippen molar-refractivity contribution in [2.45, 2.75) is 50.6 Å². The zero-order valence-corrected chi connectivity index (χ0v) is 22.7. The van der Waals surface area contributed by atoms with Crippen LogP contribution in [0, 0.1) is 5.82 Å². The maximum Gasteiger partial charge on any atom is 0.248 e. The van der Waals surface area contributed by atoms with Gasteiger partial charge in [0, 0.05) is 16.6 Å². The van der Waals surface area contributed by atoms with Crippen molar-refractivity contribution in [3.8, 4) is 17.2 Å². The lowest BCUT2D eigenvalue weighted by Crippen LogP contribution is -2.47. The summed E-state index contributed by atoms with van der Waals surface area (Å²) < 4.78 is 30.5. The van der Waals surface area contributed by atoms with E-state index >= 15 is 0 Å². The fourth-order valence-corrected chi connectivity index (χ4v) is 5.59. The molecule has 7 nitrogen and oxygen atoms in total. The van der Waals surface area contributed by atoms with Gasteiger partial charge in [-0.15, -0.1) is 11.3 Å². The number of hydrogen-bond acceptors (Lipinski definition) is 6. The van der Waals surface area contributed by atoms with Gasteiger partial charge in [-0.05, 0) is 66.2 Å². The fraction of sp³-hybridized carbons (Fsp3) is 0.379. The highest BCUT2D eigenvalue weighted by Gasteiger charge is 2.35. The largest absolute Gasteiger partial charge is 0.493 e. The molecule has 0 spiro atoms. The molecule has 38 heavy (non-hydrogen) atoms. The Balaban J connectivity index is 1.84. The summed E-state index contributed by atoms with van der Waals surface area (Å²) in [5.41, 5.74) is 0.891. The molecule has 2 aromatic carbocycles. The van der Waals surface area contributed by atoms with Crippen LogP contribution in [0.1, 0.15) is 48.6 Å². The summed E-state index contributed by atoms with van der Waals surface area (Å²) in [6.07, 6.45) is 5.08. The highest BCUT2D eigenvalue weighted by atomic mass is 32.1. The van der Waals surface area contributed by atoms with E-state index in [1.807, 2.05) is 17.5 Å². The molecule has 0 saturated heterocycles. The Morgan fingerprint density at radius 2 is 1.66 bits per heavy atom. The van der Waals surface area contributed by atoms with E-state index in [1.165, 1.54) is 61.8 Å². The molecule has 0 unspecified atom stereocenters. The highest BCUT2D eigenvalue weighted by molar-refractivity contribution is 7.10. The van der Waals surface area contributed by atoms with E-state index in [0.717, 1.165) is 37.0 Å². The molecule has 0 radical (unpaired) electrons. The summed E-state index contributed by atoms with van der Waals surface area (Å²) in [4.78, 5) is 30.3. The minimum atomic E-state index is -1.07. The lowest BCUT2D eigenvalue weighted by Gasteiger charge is -2.34. The normalized spacial score (nSPS) is 14.4. The van der Waals surface area contributed by atoms with Crippen LogP contribution in [0.2, 0.25) is 0 Å². The molecule has 1 aliphatic carbocycles. The van der Waals surface area contributed by atoms with E-state index in [0.29, 0.717) is 28.5 Å². The molecule has 1 aromatic heterocycles. The third-order valence-electron chi connectivity index (χ3n) is 6.74. The number of benzene rings is 2. The molecular formula is C29H33FN2O5S. The van der Waals surface area contributed by atoms with Crippen LogP contribution < -0.4 is 24.4 Å². The Labute approximate surface area is 226 Å². The molecule has 1 fully saturated rings. The van der Waals surface area contributed by atoms with Crippen LogP contribution in [-0.4, -0.2) is 39.2 Å². The first-order chi connectivity index (χ1) is 18.4. The highest BCUT2D eigenvalue weighted by Crippen LogP contribution is 2.42. The van der Waals surface area contributed by atoms with Crippen molar-refractivity contribution < 1.29 is 28.2 Å². The van der Waals surface area contributed by atoms with E-state index < -0.39 is 11.9 Å². The van der Waals surface area contributed by atoms with Gasteiger partial charge in [-0.25, -0.2) is 4.39 Å². The topological polar surface area (TPSA) is 77.1 Å². The molecule has 202 valence electrons. The predicted octanol–water partition coefficient (Wildman–Crippen LogP) is 5.68. The average molecular weight is 541 g/mol. The van der Waals surface area contributed by atoms with Gasteiger partial charge in [0.1, 0.15) is 11.9 Å². The number of thiophene rings is 1. The minimum absolute atomic E-state index is 0.0169. The van der Waals surface area contributed by atoms with Gasteiger partial charge in [-0.3, -0.25) is 14.5 Å². The maximum atomic E-state index is 14.1. The third-order valence-corrected chi connectivity index (χ3v) is 7.62. The van der Waals surface area contributed by atoms with Crippen LogP contribution in [0.4, 0.5) is 10.1 Å². The number of rotatable bonds is 10. The number of carbonyl (C=O) groups excluding carboxylic acids is 2. The molecule has 2 amide bonds. The molecular weight excluding hydrogens is 507 g/mol. The van der Waals surface area contributed by atoms with Crippen molar-refractivity contribution in [3.63, 3.8) is 0 Å². The number of amides is 2. The van der Waals surface area contributed by atoms with Crippen molar-refractivity contribution in [2.24, 2.45) is 0 Å². The molecule has 0 bridgehead atoms. The fourth-order valence-electron chi connectivity index (χ4n) is 4.89. The average Bonchev–Trinajstić information content (AvgIpc) is 3.44. The van der Waals surface area contributed by atoms with Gasteiger partial charge in [0.25, 0.3) is 0 Å². The minimum Gasteiger partial charge on any atom is -0.493 e. The Morgan fingerprint density at radius 3 is 2.21 bits per heavy atom. The molecule has 3 aromatic rings. The number of hydrogen-bond donors (Lipinski definition) is 1. The van der Waals surface area contributed by atoms with Gasteiger partial charge in [-0.2, -0.15) is 0 Å². The summed E-state index contributed by atoms with van der Waals surface area (Å²) >= 11 is 1.46. The second kappa shape index (κ2) is 12.8. The number of anilines is 1. The Kier molecular flexibility index (Phi) is 9.23. The number of nitrogens with one attached hydrogen (secondary N) is 1. The van der Waals surface area contributed by atoms with Gasteiger partial charge in [0.2, 0.25) is 17.6 Å². The number of ether oxygens (including phenoxy) is 3. The summed E-state index contributed by atoms with van der Waals surface area (Å²) in [5.74, 6) is 0.0506. The third kappa shape index (κ3) is 6.27. The molecule has 9 heteroatoms. The van der Waals surface area contributed by atoms with Crippen LogP contribution in [0.25, 0.3) is 0 Å². The Morgan fingerprint density at radius 1 is 1.00 bits per heavy atom. The predicted molar refractivity (Wildman–Crippen MR) is 146 cm³/mol. The maximum absolute atomic E-state index is 14.1. The van der Waals surface area contributed by atoms with Gasteiger partial charge >= 0.3 is 0 Å². The van der Waals surface area contributed by atoms with E-state index in [1.54, 1.807) is 12.1 Å². The lowest BCUT2D eigenvalue weighted by atomic mass is 9.94. The SMILES string of the molecule is COc1cc([C@H](C(=O)NC2CCCCC2)N(C(=O)Cc2cccs2)c2ccc(F)cc2)cc(OC)c1OC. The summed E-state index contributed by atoms with van der Waals surface area (Å²) in [5, 5.41) is 5.08. The quantitative estimate of drug-likeness (QED) is 0.358. The van der Waals surface area contributed by atoms with E-state index in [2.05, 4.69) is 5.32 Å². The summed E-state index contributed by atoms with van der Waals surface area (Å²) in [6.45, 7) is 0. The first kappa shape index (κ1) is 27.4. The second-order valence-corrected chi connectivity index (χ2v) is 10.2. The van der Waals surface area contributed by atoms with Gasteiger partial charge in [0.05, 0.1) is 27.8 Å². The van der Waals surface area contributed by atoms with Crippen molar-refractivity contribution >= 4 is 28.8 Å². The second-order valence-electron chi connectivity index (χ2n) is 9.20. The molecule has 1 saturated carbocycles. The molecule has 1 heterocycles. The first-order valence-electron chi connectivity index (χ1n) is 12.7. The first-order valence-corrected chi connectivity index (χ1v) is 13.5. The zero-order chi connectivity index (χ0) is 27.1. The summed E-state index contributed by atoms with van der Waals surface area (Å²) in [7, 11) is 4.50. The van der Waals surface area contributed by atoms with E-state index in [4.69, 9.17) is 14.2 Å². The van der Waals surface area contributed by atoms with Gasteiger partial charge < -0.3 is 19.5 Å². The van der Waals surface area contributed by atoms with Gasteiger partial charge in [0.15, 0.2) is 11.5 Å². The molecule has 4 rings (SSSR count).